The minimum Gasteiger partial charge on any atom is -0.390 e. The van der Waals surface area contributed by atoms with Gasteiger partial charge in [0.15, 0.2) is 0 Å². The maximum absolute atomic E-state index is 11.8. The van der Waals surface area contributed by atoms with Crippen molar-refractivity contribution in [2.45, 2.75) is 31.8 Å². The van der Waals surface area contributed by atoms with Gasteiger partial charge in [-0.2, -0.15) is 0 Å². The number of carbonyl (C=O) groups is 1. The first-order valence-electron chi connectivity index (χ1n) is 7.55. The van der Waals surface area contributed by atoms with E-state index in [2.05, 4.69) is 10.2 Å². The van der Waals surface area contributed by atoms with Crippen molar-refractivity contribution in [3.05, 3.63) is 34.9 Å². The Morgan fingerprint density at radius 2 is 2.10 bits per heavy atom. The van der Waals surface area contributed by atoms with E-state index in [0.29, 0.717) is 18.1 Å². The van der Waals surface area contributed by atoms with E-state index in [-0.39, 0.29) is 12.3 Å². The van der Waals surface area contributed by atoms with E-state index in [4.69, 9.17) is 11.6 Å². The van der Waals surface area contributed by atoms with Crippen molar-refractivity contribution in [1.82, 2.24) is 10.2 Å². The molecule has 1 amide bonds. The van der Waals surface area contributed by atoms with Crippen molar-refractivity contribution >= 4 is 17.5 Å². The summed E-state index contributed by atoms with van der Waals surface area (Å²) < 4.78 is 0. The third kappa shape index (κ3) is 6.04. The number of β-amino-alcohol motifs (C(OH)–C–C–N with tert-alkyl or cyclic N) is 1. The van der Waals surface area contributed by atoms with Crippen LogP contribution in [-0.2, 0) is 11.2 Å². The first kappa shape index (κ1) is 16.3. The molecule has 0 bridgehead atoms. The van der Waals surface area contributed by atoms with Crippen molar-refractivity contribution in [1.29, 1.82) is 0 Å². The Kier molecular flexibility index (Phi) is 6.49. The fourth-order valence-corrected chi connectivity index (χ4v) is 2.84. The van der Waals surface area contributed by atoms with Crippen molar-refractivity contribution in [3.63, 3.8) is 0 Å². The monoisotopic (exact) mass is 310 g/mol. The lowest BCUT2D eigenvalue weighted by molar-refractivity contribution is -0.120. The number of benzene rings is 1. The Labute approximate surface area is 131 Å². The highest BCUT2D eigenvalue weighted by atomic mass is 35.5. The van der Waals surface area contributed by atoms with Crippen LogP contribution in [0.4, 0.5) is 0 Å². The average Bonchev–Trinajstić information content (AvgIpc) is 2.46. The van der Waals surface area contributed by atoms with Gasteiger partial charge in [-0.3, -0.25) is 4.79 Å². The van der Waals surface area contributed by atoms with Gasteiger partial charge in [0.25, 0.3) is 0 Å². The lowest BCUT2D eigenvalue weighted by atomic mass is 10.1. The Hall–Kier alpha value is -1.10. The standard InChI is InChI=1S/C16H23ClN2O2/c17-14-6-4-5-13(9-14)10-16(21)18-11-15(20)12-19-7-2-1-3-8-19/h4-6,9,15,20H,1-3,7-8,10-12H2,(H,18,21)/t15-/m0/s1. The molecule has 21 heavy (non-hydrogen) atoms. The topological polar surface area (TPSA) is 52.6 Å². The Balaban J connectivity index is 1.68. The van der Waals surface area contributed by atoms with Crippen molar-refractivity contribution in [2.75, 3.05) is 26.2 Å². The van der Waals surface area contributed by atoms with Crippen LogP contribution in [0, 0.1) is 0 Å². The van der Waals surface area contributed by atoms with Gasteiger partial charge in [0.05, 0.1) is 12.5 Å². The molecule has 1 aromatic rings. The molecule has 1 saturated heterocycles. The van der Waals surface area contributed by atoms with Gasteiger partial charge in [0.2, 0.25) is 5.91 Å². The molecule has 0 saturated carbocycles. The van der Waals surface area contributed by atoms with E-state index in [1.54, 1.807) is 12.1 Å². The molecule has 2 rings (SSSR count). The lowest BCUT2D eigenvalue weighted by Crippen LogP contribution is -2.42. The van der Waals surface area contributed by atoms with Crippen LogP contribution in [-0.4, -0.2) is 48.2 Å². The number of amides is 1. The maximum Gasteiger partial charge on any atom is 0.224 e. The van der Waals surface area contributed by atoms with Gasteiger partial charge in [0.1, 0.15) is 0 Å². The summed E-state index contributed by atoms with van der Waals surface area (Å²) in [7, 11) is 0. The van der Waals surface area contributed by atoms with Gasteiger partial charge < -0.3 is 15.3 Å². The quantitative estimate of drug-likeness (QED) is 0.843. The number of nitrogens with one attached hydrogen (secondary N) is 1. The molecule has 1 atom stereocenters. The van der Waals surface area contributed by atoms with E-state index >= 15 is 0 Å². The SMILES string of the molecule is O=C(Cc1cccc(Cl)c1)NC[C@H](O)CN1CCCCC1. The maximum atomic E-state index is 11.8. The molecule has 1 aromatic carbocycles. The molecule has 0 aliphatic carbocycles. The number of aliphatic hydroxyl groups excluding tert-OH is 1. The first-order valence-corrected chi connectivity index (χ1v) is 7.93. The minimum absolute atomic E-state index is 0.0880. The van der Waals surface area contributed by atoms with Crippen LogP contribution in [0.25, 0.3) is 0 Å². The Morgan fingerprint density at radius 1 is 1.33 bits per heavy atom. The summed E-state index contributed by atoms with van der Waals surface area (Å²) in [6.07, 6.45) is 3.47. The molecule has 0 aromatic heterocycles. The number of likely N-dealkylation sites (tertiary alicyclic amines) is 1. The number of carbonyl (C=O) groups excluding carboxylic acids is 1. The first-order chi connectivity index (χ1) is 10.1. The second-order valence-electron chi connectivity index (χ2n) is 5.63. The highest BCUT2D eigenvalue weighted by molar-refractivity contribution is 6.30. The summed E-state index contributed by atoms with van der Waals surface area (Å²) in [6, 6.07) is 7.27. The van der Waals surface area contributed by atoms with Crippen molar-refractivity contribution in [3.8, 4) is 0 Å². The summed E-state index contributed by atoms with van der Waals surface area (Å²) in [5, 5.41) is 13.4. The van der Waals surface area contributed by atoms with Crippen LogP contribution >= 0.6 is 11.6 Å². The number of piperidine rings is 1. The fourth-order valence-electron chi connectivity index (χ4n) is 2.63. The van der Waals surface area contributed by atoms with Gasteiger partial charge in [-0.15, -0.1) is 0 Å². The molecule has 0 radical (unpaired) electrons. The number of halogens is 1. The summed E-state index contributed by atoms with van der Waals surface area (Å²) >= 11 is 5.89. The van der Waals surface area contributed by atoms with Gasteiger partial charge >= 0.3 is 0 Å². The molecule has 1 fully saturated rings. The van der Waals surface area contributed by atoms with Gasteiger partial charge in [-0.1, -0.05) is 30.2 Å². The molecule has 5 heteroatoms. The van der Waals surface area contributed by atoms with Crippen molar-refractivity contribution in [2.24, 2.45) is 0 Å². The number of rotatable bonds is 6. The molecule has 0 spiro atoms. The van der Waals surface area contributed by atoms with Crippen LogP contribution in [0.5, 0.6) is 0 Å². The van der Waals surface area contributed by atoms with E-state index in [9.17, 15) is 9.90 Å². The second-order valence-corrected chi connectivity index (χ2v) is 6.06. The van der Waals surface area contributed by atoms with Crippen molar-refractivity contribution < 1.29 is 9.90 Å². The zero-order valence-electron chi connectivity index (χ0n) is 12.2. The molecule has 116 valence electrons. The summed E-state index contributed by atoms with van der Waals surface area (Å²) in [4.78, 5) is 14.1. The van der Waals surface area contributed by atoms with Gasteiger partial charge in [0, 0.05) is 18.1 Å². The normalized spacial score (nSPS) is 17.4. The Morgan fingerprint density at radius 3 is 2.81 bits per heavy atom. The zero-order valence-corrected chi connectivity index (χ0v) is 13.0. The minimum atomic E-state index is -0.508. The van der Waals surface area contributed by atoms with Crippen LogP contribution in [0.3, 0.4) is 0 Å². The largest absolute Gasteiger partial charge is 0.390 e. The van der Waals surface area contributed by atoms with Crippen LogP contribution in [0.15, 0.2) is 24.3 Å². The predicted octanol–water partition coefficient (Wildman–Crippen LogP) is 1.85. The van der Waals surface area contributed by atoms with Crippen LogP contribution < -0.4 is 5.32 Å². The molecule has 1 aliphatic rings. The van der Waals surface area contributed by atoms with Crippen LogP contribution in [0.1, 0.15) is 24.8 Å². The molecule has 0 unspecified atom stereocenters. The Bertz CT molecular complexity index is 461. The van der Waals surface area contributed by atoms with E-state index in [1.807, 2.05) is 12.1 Å². The van der Waals surface area contributed by atoms with E-state index < -0.39 is 6.10 Å². The molecular formula is C16H23ClN2O2. The molecule has 1 aliphatic heterocycles. The average molecular weight is 311 g/mol. The van der Waals surface area contributed by atoms with E-state index in [0.717, 1.165) is 18.7 Å². The molecule has 4 nitrogen and oxygen atoms in total. The number of aliphatic hydroxyl groups is 1. The summed E-state index contributed by atoms with van der Waals surface area (Å²) in [5.41, 5.74) is 0.880. The summed E-state index contributed by atoms with van der Waals surface area (Å²) in [6.45, 7) is 3.04. The lowest BCUT2D eigenvalue weighted by Gasteiger charge is -2.28. The summed E-state index contributed by atoms with van der Waals surface area (Å²) in [5.74, 6) is -0.0880. The fraction of sp³-hybridized carbons (Fsp3) is 0.562. The highest BCUT2D eigenvalue weighted by Gasteiger charge is 2.15. The predicted molar refractivity (Wildman–Crippen MR) is 84.5 cm³/mol. The molecule has 1 heterocycles. The molecular weight excluding hydrogens is 288 g/mol. The van der Waals surface area contributed by atoms with Gasteiger partial charge in [-0.05, 0) is 43.6 Å². The molecule has 2 N–H and O–H groups in total. The zero-order chi connectivity index (χ0) is 15.1. The third-order valence-electron chi connectivity index (χ3n) is 3.71. The second kappa shape index (κ2) is 8.37. The highest BCUT2D eigenvalue weighted by Crippen LogP contribution is 2.11. The smallest absolute Gasteiger partial charge is 0.224 e. The van der Waals surface area contributed by atoms with Gasteiger partial charge in [-0.25, -0.2) is 0 Å². The number of nitrogens with zero attached hydrogens (tertiary/aromatic N) is 1. The number of hydrogen-bond donors (Lipinski definition) is 2. The van der Waals surface area contributed by atoms with E-state index in [1.165, 1.54) is 19.3 Å². The van der Waals surface area contributed by atoms with Crippen LogP contribution in [0.2, 0.25) is 5.02 Å². The third-order valence-corrected chi connectivity index (χ3v) is 3.94. The number of hydrogen-bond acceptors (Lipinski definition) is 3.